The number of nitrogens with two attached hydrogens (primary N) is 1. The molecule has 2 saturated heterocycles. The van der Waals surface area contributed by atoms with Gasteiger partial charge in [0.15, 0.2) is 6.23 Å². The van der Waals surface area contributed by atoms with E-state index in [4.69, 9.17) is 15.2 Å². The van der Waals surface area contributed by atoms with Gasteiger partial charge in [-0.15, -0.1) is 0 Å². The van der Waals surface area contributed by atoms with Crippen molar-refractivity contribution in [2.24, 2.45) is 0 Å². The number of anilines is 1. The van der Waals surface area contributed by atoms with E-state index in [2.05, 4.69) is 4.98 Å². The second-order valence-electron chi connectivity index (χ2n) is 4.75. The molecule has 0 aromatic carbocycles. The molecule has 8 nitrogen and oxygen atoms in total. The number of nitrogens with zero attached hydrogens (tertiary/aromatic N) is 2. The van der Waals surface area contributed by atoms with E-state index < -0.39 is 29.7 Å². The van der Waals surface area contributed by atoms with Crippen LogP contribution in [0.15, 0.2) is 17.1 Å². The summed E-state index contributed by atoms with van der Waals surface area (Å²) in [5, 5.41) is 19.4. The highest BCUT2D eigenvalue weighted by atomic mass is 16.6. The molecule has 2 aliphatic rings. The number of hydrogen-bond donors (Lipinski definition) is 3. The molecular formula is C11H15N3O5. The molecule has 0 amide bonds. The highest BCUT2D eigenvalue weighted by Crippen LogP contribution is 2.47. The minimum Gasteiger partial charge on any atom is -0.394 e. The molecule has 3 rings (SSSR count). The van der Waals surface area contributed by atoms with Gasteiger partial charge >= 0.3 is 5.69 Å². The fraction of sp³-hybridized carbons (Fsp3) is 0.636. The van der Waals surface area contributed by atoms with E-state index in [1.807, 2.05) is 0 Å². The lowest BCUT2D eigenvalue weighted by Crippen LogP contribution is -2.57. The summed E-state index contributed by atoms with van der Waals surface area (Å²) in [6.45, 7) is 0.131. The van der Waals surface area contributed by atoms with Crippen LogP contribution in [-0.2, 0) is 9.47 Å². The van der Waals surface area contributed by atoms with Crippen LogP contribution in [0.4, 0.5) is 5.82 Å². The number of ether oxygens (including phenoxy) is 2. The molecule has 0 radical (unpaired) electrons. The van der Waals surface area contributed by atoms with Crippen molar-refractivity contribution in [1.82, 2.24) is 9.55 Å². The lowest BCUT2D eigenvalue weighted by Gasteiger charge is -2.44. The van der Waals surface area contributed by atoms with E-state index >= 15 is 0 Å². The van der Waals surface area contributed by atoms with Gasteiger partial charge in [0.1, 0.15) is 23.6 Å². The molecule has 1 aromatic rings. The molecule has 19 heavy (non-hydrogen) atoms. The second-order valence-corrected chi connectivity index (χ2v) is 4.75. The molecule has 1 spiro atoms. The topological polar surface area (TPSA) is 120 Å². The van der Waals surface area contributed by atoms with Crippen molar-refractivity contribution in [2.75, 3.05) is 18.9 Å². The van der Waals surface area contributed by atoms with Crippen LogP contribution in [0.1, 0.15) is 12.6 Å². The number of aromatic nitrogens is 2. The average Bonchev–Trinajstić information content (AvgIpc) is 2.62. The zero-order valence-corrected chi connectivity index (χ0v) is 10.1. The van der Waals surface area contributed by atoms with Crippen LogP contribution in [0.2, 0.25) is 0 Å². The van der Waals surface area contributed by atoms with Gasteiger partial charge in [0.05, 0.1) is 13.2 Å². The molecule has 2 unspecified atom stereocenters. The molecule has 104 valence electrons. The molecule has 8 heteroatoms. The SMILES string of the molecule is Nc1ccn(C2OC(CO)[C@@H](O)[C@@]23CCO3)c(=O)n1. The van der Waals surface area contributed by atoms with Crippen molar-refractivity contribution in [3.63, 3.8) is 0 Å². The standard InChI is InChI=1S/C11H15N3O5/c12-7-1-3-14(10(17)13-7)9-11(2-4-18-11)8(16)6(5-15)19-9/h1,3,6,8-9,15-16H,2,4-5H2,(H2,12,13,17)/t6?,8-,9?,11+/m1/s1. The maximum absolute atomic E-state index is 11.8. The molecule has 2 fully saturated rings. The number of aliphatic hydroxyl groups is 2. The minimum absolute atomic E-state index is 0.113. The Morgan fingerprint density at radius 3 is 2.89 bits per heavy atom. The Labute approximate surface area is 108 Å². The van der Waals surface area contributed by atoms with E-state index in [0.717, 1.165) is 0 Å². The first-order valence-corrected chi connectivity index (χ1v) is 6.01. The quantitative estimate of drug-likeness (QED) is 0.581. The summed E-state index contributed by atoms with van der Waals surface area (Å²) < 4.78 is 12.2. The summed E-state index contributed by atoms with van der Waals surface area (Å²) in [5.41, 5.74) is 3.87. The van der Waals surface area contributed by atoms with Gasteiger partial charge in [-0.05, 0) is 6.07 Å². The predicted molar refractivity (Wildman–Crippen MR) is 63.2 cm³/mol. The van der Waals surface area contributed by atoms with E-state index in [9.17, 15) is 15.0 Å². The van der Waals surface area contributed by atoms with Crippen molar-refractivity contribution in [3.8, 4) is 0 Å². The van der Waals surface area contributed by atoms with Gasteiger partial charge < -0.3 is 25.4 Å². The van der Waals surface area contributed by atoms with Crippen LogP contribution in [0.5, 0.6) is 0 Å². The van der Waals surface area contributed by atoms with Gasteiger partial charge in [0.2, 0.25) is 0 Å². The van der Waals surface area contributed by atoms with E-state index in [-0.39, 0.29) is 12.4 Å². The molecule has 4 N–H and O–H groups in total. The number of hydrogen-bond acceptors (Lipinski definition) is 7. The van der Waals surface area contributed by atoms with Crippen LogP contribution in [0.3, 0.4) is 0 Å². The lowest BCUT2D eigenvalue weighted by molar-refractivity contribution is -0.227. The van der Waals surface area contributed by atoms with E-state index in [1.54, 1.807) is 0 Å². The first-order valence-electron chi connectivity index (χ1n) is 6.01. The predicted octanol–water partition coefficient (Wildman–Crippen LogP) is -1.76. The van der Waals surface area contributed by atoms with Crippen LogP contribution < -0.4 is 11.4 Å². The van der Waals surface area contributed by atoms with Crippen molar-refractivity contribution in [2.45, 2.75) is 30.5 Å². The van der Waals surface area contributed by atoms with Crippen LogP contribution >= 0.6 is 0 Å². The molecular weight excluding hydrogens is 254 g/mol. The average molecular weight is 269 g/mol. The van der Waals surface area contributed by atoms with Crippen molar-refractivity contribution < 1.29 is 19.7 Å². The van der Waals surface area contributed by atoms with Crippen molar-refractivity contribution in [1.29, 1.82) is 0 Å². The van der Waals surface area contributed by atoms with Gasteiger partial charge in [-0.1, -0.05) is 0 Å². The van der Waals surface area contributed by atoms with E-state index in [1.165, 1.54) is 16.8 Å². The van der Waals surface area contributed by atoms with Gasteiger partial charge in [-0.25, -0.2) is 4.79 Å². The molecule has 0 saturated carbocycles. The fourth-order valence-electron chi connectivity index (χ4n) is 2.63. The first-order chi connectivity index (χ1) is 9.08. The Morgan fingerprint density at radius 2 is 2.37 bits per heavy atom. The van der Waals surface area contributed by atoms with Crippen LogP contribution in [0.25, 0.3) is 0 Å². The number of rotatable bonds is 2. The Balaban J connectivity index is 2.01. The summed E-state index contributed by atoms with van der Waals surface area (Å²) in [7, 11) is 0. The van der Waals surface area contributed by atoms with Gasteiger partial charge in [0.25, 0.3) is 0 Å². The third-order valence-electron chi connectivity index (χ3n) is 3.72. The Hall–Kier alpha value is -1.48. The van der Waals surface area contributed by atoms with Gasteiger partial charge in [0, 0.05) is 12.6 Å². The maximum atomic E-state index is 11.8. The Bertz CT molecular complexity index is 541. The zero-order chi connectivity index (χ0) is 13.6. The molecule has 2 aliphatic heterocycles. The third kappa shape index (κ3) is 1.68. The van der Waals surface area contributed by atoms with Gasteiger partial charge in [-0.3, -0.25) is 4.57 Å². The molecule has 1 aromatic heterocycles. The van der Waals surface area contributed by atoms with Crippen molar-refractivity contribution >= 4 is 5.82 Å². The maximum Gasteiger partial charge on any atom is 0.351 e. The minimum atomic E-state index is -0.991. The highest BCUT2D eigenvalue weighted by Gasteiger charge is 2.61. The molecule has 0 bridgehead atoms. The monoisotopic (exact) mass is 269 g/mol. The van der Waals surface area contributed by atoms with E-state index in [0.29, 0.717) is 13.0 Å². The zero-order valence-electron chi connectivity index (χ0n) is 10.1. The lowest BCUT2D eigenvalue weighted by atomic mass is 9.86. The Morgan fingerprint density at radius 1 is 1.63 bits per heavy atom. The molecule has 3 heterocycles. The number of aliphatic hydroxyl groups excluding tert-OH is 2. The van der Waals surface area contributed by atoms with Crippen LogP contribution in [0, 0.1) is 0 Å². The highest BCUT2D eigenvalue weighted by molar-refractivity contribution is 5.24. The van der Waals surface area contributed by atoms with Crippen LogP contribution in [-0.4, -0.2) is 50.8 Å². The summed E-state index contributed by atoms with van der Waals surface area (Å²) >= 11 is 0. The normalized spacial score (nSPS) is 37.5. The Kier molecular flexibility index (Phi) is 2.82. The largest absolute Gasteiger partial charge is 0.394 e. The summed E-state index contributed by atoms with van der Waals surface area (Å²) in [5.74, 6) is 0.113. The summed E-state index contributed by atoms with van der Waals surface area (Å²) in [6, 6.07) is 1.47. The molecule has 0 aliphatic carbocycles. The molecule has 4 atom stereocenters. The third-order valence-corrected chi connectivity index (χ3v) is 3.72. The summed E-state index contributed by atoms with van der Waals surface area (Å²) in [4.78, 5) is 15.5. The smallest absolute Gasteiger partial charge is 0.351 e. The second kappa shape index (κ2) is 4.27. The number of nitrogen functional groups attached to an aromatic ring is 1. The summed E-state index contributed by atoms with van der Waals surface area (Å²) in [6.07, 6.45) is -0.582. The fourth-order valence-corrected chi connectivity index (χ4v) is 2.63. The van der Waals surface area contributed by atoms with Crippen molar-refractivity contribution in [3.05, 3.63) is 22.7 Å². The first kappa shape index (κ1) is 12.5. The van der Waals surface area contributed by atoms with Gasteiger partial charge in [-0.2, -0.15) is 4.98 Å².